The molecule has 0 aliphatic rings. The molecule has 166 valence electrons. The smallest absolute Gasteiger partial charge is 0.0951 e. The Bertz CT molecular complexity index is 1740. The van der Waals surface area contributed by atoms with Crippen LogP contribution in [0.3, 0.4) is 0 Å². The summed E-state index contributed by atoms with van der Waals surface area (Å²) in [5.74, 6) is 0.441. The lowest BCUT2D eigenvalue weighted by molar-refractivity contribution is 0.832. The topological polar surface area (TPSA) is 57.4 Å². The zero-order valence-corrected chi connectivity index (χ0v) is 19.9. The van der Waals surface area contributed by atoms with E-state index in [1.165, 1.54) is 38.1 Å². The number of aromatic nitrogens is 4. The Kier molecular flexibility index (Phi) is 5.12. The molecule has 5 aromatic heterocycles. The molecule has 7 rings (SSSR count). The second-order valence-corrected chi connectivity index (χ2v) is 9.49. The van der Waals surface area contributed by atoms with Gasteiger partial charge in [0.2, 0.25) is 0 Å². The second-order valence-electron chi connectivity index (χ2n) is 8.71. The number of nitrogens with one attached hydrogen (secondary N) is 2. The number of benzene rings is 2. The first kappa shape index (κ1) is 20.6. The molecule has 0 unspecified atom stereocenters. The molecule has 4 nitrogen and oxygen atoms in total. The first-order valence-corrected chi connectivity index (χ1v) is 12.4. The Hall–Kier alpha value is -3.96. The molecule has 0 saturated heterocycles. The van der Waals surface area contributed by atoms with Crippen molar-refractivity contribution in [2.45, 2.75) is 19.8 Å². The van der Waals surface area contributed by atoms with E-state index in [1.54, 1.807) is 11.3 Å². The van der Waals surface area contributed by atoms with Gasteiger partial charge in [0.25, 0.3) is 0 Å². The summed E-state index contributed by atoms with van der Waals surface area (Å²) in [7, 11) is 0. The van der Waals surface area contributed by atoms with Crippen LogP contribution in [0.1, 0.15) is 25.5 Å². The number of para-hydroxylation sites is 2. The molecule has 0 spiro atoms. The second kappa shape index (κ2) is 8.43. The average Bonchev–Trinajstić information content (AvgIpc) is 3.61. The van der Waals surface area contributed by atoms with Crippen molar-refractivity contribution in [3.05, 3.63) is 95.6 Å². The van der Waals surface area contributed by atoms with Crippen molar-refractivity contribution in [2.75, 3.05) is 0 Å². The van der Waals surface area contributed by atoms with Gasteiger partial charge in [0.05, 0.1) is 22.4 Å². The predicted molar refractivity (Wildman–Crippen MR) is 145 cm³/mol. The lowest BCUT2D eigenvalue weighted by Gasteiger charge is -2.04. The monoisotopic (exact) mass is 460 g/mol. The highest BCUT2D eigenvalue weighted by Gasteiger charge is 2.11. The number of rotatable bonds is 2. The van der Waals surface area contributed by atoms with Crippen molar-refractivity contribution in [2.24, 2.45) is 0 Å². The number of H-pyrrole nitrogens is 2. The molecule has 0 atom stereocenters. The summed E-state index contributed by atoms with van der Waals surface area (Å²) in [4.78, 5) is 15.9. The van der Waals surface area contributed by atoms with E-state index < -0.39 is 0 Å². The summed E-state index contributed by atoms with van der Waals surface area (Å²) in [6, 6.07) is 23.0. The molecule has 5 heterocycles. The van der Waals surface area contributed by atoms with Gasteiger partial charge in [-0.15, -0.1) is 0 Å². The fourth-order valence-corrected chi connectivity index (χ4v) is 5.27. The summed E-state index contributed by atoms with van der Waals surface area (Å²) in [6.07, 6.45) is 3.79. The molecule has 0 radical (unpaired) electrons. The molecule has 5 heteroatoms. The Morgan fingerprint density at radius 3 is 1.94 bits per heavy atom. The standard InChI is InChI=1S/C15H10N2S.C14H14N2/c1-2-4-13-11(3-1)12-5-7-16-14(15(12)17-13)10-6-8-18-9-10;1-9(2)13-14-11(7-8-15-13)10-5-3-4-6-12(10)16-14/h1-9,17H;3-9,16H,1-2H3. The number of hydrogen-bond acceptors (Lipinski definition) is 3. The van der Waals surface area contributed by atoms with E-state index in [2.05, 4.69) is 111 Å². The summed E-state index contributed by atoms with van der Waals surface area (Å²) in [5.41, 5.74) is 8.01. The molecule has 0 aliphatic carbocycles. The van der Waals surface area contributed by atoms with Gasteiger partial charge in [-0.3, -0.25) is 9.97 Å². The molecule has 0 amide bonds. The molecule has 34 heavy (non-hydrogen) atoms. The minimum absolute atomic E-state index is 0.441. The van der Waals surface area contributed by atoms with Crippen LogP contribution in [0.2, 0.25) is 0 Å². The van der Waals surface area contributed by atoms with Gasteiger partial charge < -0.3 is 9.97 Å². The number of pyridine rings is 2. The fraction of sp³-hybridized carbons (Fsp3) is 0.103. The third-order valence-electron chi connectivity index (χ3n) is 6.23. The maximum Gasteiger partial charge on any atom is 0.0951 e. The largest absolute Gasteiger partial charge is 0.353 e. The van der Waals surface area contributed by atoms with Crippen LogP contribution >= 0.6 is 11.3 Å². The van der Waals surface area contributed by atoms with Crippen LogP contribution in [0.15, 0.2) is 89.9 Å². The Balaban J connectivity index is 0.000000129. The van der Waals surface area contributed by atoms with Gasteiger partial charge in [-0.05, 0) is 41.6 Å². The highest BCUT2D eigenvalue weighted by atomic mass is 32.1. The van der Waals surface area contributed by atoms with Crippen LogP contribution in [0, 0.1) is 0 Å². The van der Waals surface area contributed by atoms with E-state index in [-0.39, 0.29) is 0 Å². The van der Waals surface area contributed by atoms with E-state index in [0.29, 0.717) is 5.92 Å². The highest BCUT2D eigenvalue weighted by Crippen LogP contribution is 2.32. The van der Waals surface area contributed by atoms with Crippen molar-refractivity contribution in [3.63, 3.8) is 0 Å². The average molecular weight is 461 g/mol. The Morgan fingerprint density at radius 2 is 1.29 bits per heavy atom. The predicted octanol–water partition coefficient (Wildman–Crippen LogP) is 8.28. The molecular formula is C29H24N4S. The van der Waals surface area contributed by atoms with Gasteiger partial charge in [-0.2, -0.15) is 11.3 Å². The van der Waals surface area contributed by atoms with Crippen LogP contribution < -0.4 is 0 Å². The SMILES string of the molecule is CC(C)c1nccc2c1[nH]c1ccccc12.c1ccc2c(c1)[nH]c1c(-c3ccsc3)nccc12. The van der Waals surface area contributed by atoms with Crippen molar-refractivity contribution in [3.8, 4) is 11.3 Å². The van der Waals surface area contributed by atoms with E-state index in [4.69, 9.17) is 0 Å². The van der Waals surface area contributed by atoms with Crippen molar-refractivity contribution in [1.82, 2.24) is 19.9 Å². The fourth-order valence-electron chi connectivity index (χ4n) is 4.63. The number of fused-ring (bicyclic) bond motifs is 6. The maximum absolute atomic E-state index is 4.52. The van der Waals surface area contributed by atoms with Crippen LogP contribution in [-0.2, 0) is 0 Å². The lowest BCUT2D eigenvalue weighted by atomic mass is 10.1. The summed E-state index contributed by atoms with van der Waals surface area (Å²) in [6.45, 7) is 4.35. The van der Waals surface area contributed by atoms with Crippen molar-refractivity contribution >= 4 is 54.9 Å². The molecule has 2 aromatic carbocycles. The van der Waals surface area contributed by atoms with Gasteiger partial charge in [-0.25, -0.2) is 0 Å². The van der Waals surface area contributed by atoms with Crippen LogP contribution in [0.25, 0.3) is 54.9 Å². The zero-order valence-electron chi connectivity index (χ0n) is 19.0. The van der Waals surface area contributed by atoms with E-state index >= 15 is 0 Å². The highest BCUT2D eigenvalue weighted by molar-refractivity contribution is 7.08. The first-order valence-electron chi connectivity index (χ1n) is 11.4. The summed E-state index contributed by atoms with van der Waals surface area (Å²) >= 11 is 1.70. The molecular weight excluding hydrogens is 436 g/mol. The number of aromatic amines is 2. The molecule has 0 fully saturated rings. The molecule has 7 aromatic rings. The van der Waals surface area contributed by atoms with Gasteiger partial charge in [0.15, 0.2) is 0 Å². The number of hydrogen-bond donors (Lipinski definition) is 2. The van der Waals surface area contributed by atoms with Gasteiger partial charge >= 0.3 is 0 Å². The Morgan fingerprint density at radius 1 is 0.676 bits per heavy atom. The quantitative estimate of drug-likeness (QED) is 0.273. The number of nitrogens with zero attached hydrogens (tertiary/aromatic N) is 2. The van der Waals surface area contributed by atoms with E-state index in [1.807, 2.05) is 12.4 Å². The third-order valence-corrected chi connectivity index (χ3v) is 6.91. The summed E-state index contributed by atoms with van der Waals surface area (Å²) < 4.78 is 0. The summed E-state index contributed by atoms with van der Waals surface area (Å²) in [5, 5.41) is 9.26. The van der Waals surface area contributed by atoms with Crippen molar-refractivity contribution in [1.29, 1.82) is 0 Å². The van der Waals surface area contributed by atoms with Crippen LogP contribution in [0.4, 0.5) is 0 Å². The molecule has 0 bridgehead atoms. The molecule has 0 saturated carbocycles. The minimum atomic E-state index is 0.441. The van der Waals surface area contributed by atoms with E-state index in [9.17, 15) is 0 Å². The van der Waals surface area contributed by atoms with Crippen molar-refractivity contribution < 1.29 is 0 Å². The normalized spacial score (nSPS) is 11.5. The third kappa shape index (κ3) is 3.45. The first-order chi connectivity index (χ1) is 16.7. The lowest BCUT2D eigenvalue weighted by Crippen LogP contribution is -1.92. The van der Waals surface area contributed by atoms with Crippen LogP contribution in [-0.4, -0.2) is 19.9 Å². The maximum atomic E-state index is 4.52. The zero-order chi connectivity index (χ0) is 23.1. The van der Waals surface area contributed by atoms with Gasteiger partial charge in [0, 0.05) is 55.9 Å². The van der Waals surface area contributed by atoms with Crippen LogP contribution in [0.5, 0.6) is 0 Å². The number of thiophene rings is 1. The Labute approximate surface area is 201 Å². The minimum Gasteiger partial charge on any atom is -0.353 e. The molecule has 0 aliphatic heterocycles. The van der Waals surface area contributed by atoms with E-state index in [0.717, 1.165) is 22.4 Å². The van der Waals surface area contributed by atoms with Gasteiger partial charge in [0.1, 0.15) is 0 Å². The molecule has 2 N–H and O–H groups in total. The van der Waals surface area contributed by atoms with Gasteiger partial charge in [-0.1, -0.05) is 50.2 Å².